The molecular weight excluding hydrogens is 431 g/mol. The largest absolute Gasteiger partial charge is 0.327 e. The Balaban J connectivity index is 1.86. The summed E-state index contributed by atoms with van der Waals surface area (Å²) in [6, 6.07) is 2.57. The van der Waals surface area contributed by atoms with Gasteiger partial charge in [-0.1, -0.05) is 13.8 Å². The average molecular weight is 455 g/mol. The summed E-state index contributed by atoms with van der Waals surface area (Å²) < 4.78 is 41.0. The molecule has 1 unspecified atom stereocenters. The van der Waals surface area contributed by atoms with Crippen molar-refractivity contribution in [1.82, 2.24) is 14.2 Å². The Morgan fingerprint density at radius 1 is 1.33 bits per heavy atom. The van der Waals surface area contributed by atoms with E-state index < -0.39 is 32.7 Å². The second kappa shape index (κ2) is 9.19. The Morgan fingerprint density at radius 3 is 2.70 bits per heavy atom. The molecule has 0 aliphatic carbocycles. The lowest BCUT2D eigenvalue weighted by Gasteiger charge is -2.24. The van der Waals surface area contributed by atoms with E-state index in [2.05, 4.69) is 10.3 Å². The zero-order valence-electron chi connectivity index (χ0n) is 16.7. The molecule has 162 valence electrons. The van der Waals surface area contributed by atoms with Crippen LogP contribution in [0.4, 0.5) is 9.52 Å². The molecule has 0 radical (unpaired) electrons. The number of carbonyl (C=O) groups is 2. The molecule has 0 saturated carbocycles. The van der Waals surface area contributed by atoms with Crippen molar-refractivity contribution in [3.63, 3.8) is 0 Å². The molecule has 1 fully saturated rings. The van der Waals surface area contributed by atoms with E-state index in [4.69, 9.17) is 0 Å². The molecule has 1 aliphatic rings. The van der Waals surface area contributed by atoms with Crippen molar-refractivity contribution in [3.05, 3.63) is 41.2 Å². The van der Waals surface area contributed by atoms with Gasteiger partial charge in [0.25, 0.3) is 5.91 Å². The Kier molecular flexibility index (Phi) is 6.84. The van der Waals surface area contributed by atoms with Crippen LogP contribution in [0.15, 0.2) is 34.7 Å². The molecule has 1 atom stereocenters. The number of thiazole rings is 1. The third-order valence-corrected chi connectivity index (χ3v) is 7.73. The Bertz CT molecular complexity index is 1020. The maximum absolute atomic E-state index is 14.4. The lowest BCUT2D eigenvalue weighted by atomic mass is 10.1. The van der Waals surface area contributed by atoms with E-state index in [-0.39, 0.29) is 24.6 Å². The van der Waals surface area contributed by atoms with Crippen LogP contribution in [-0.4, -0.2) is 60.1 Å². The van der Waals surface area contributed by atoms with Crippen LogP contribution in [0, 0.1) is 5.82 Å². The Morgan fingerprint density at radius 2 is 2.07 bits per heavy atom. The van der Waals surface area contributed by atoms with E-state index in [0.29, 0.717) is 24.5 Å². The van der Waals surface area contributed by atoms with E-state index in [9.17, 15) is 22.4 Å². The first kappa shape index (κ1) is 22.3. The summed E-state index contributed by atoms with van der Waals surface area (Å²) in [6.45, 7) is 4.03. The Hall–Kier alpha value is -2.37. The molecule has 1 aromatic heterocycles. The van der Waals surface area contributed by atoms with Crippen molar-refractivity contribution in [2.45, 2.75) is 37.6 Å². The summed E-state index contributed by atoms with van der Waals surface area (Å²) in [5, 5.41) is 4.85. The molecule has 2 aromatic rings. The number of hydrogen-bond donors (Lipinski definition) is 1. The molecule has 3 rings (SSSR count). The van der Waals surface area contributed by atoms with Gasteiger partial charge in [0.15, 0.2) is 5.13 Å². The van der Waals surface area contributed by atoms with Crippen molar-refractivity contribution < 1.29 is 22.4 Å². The number of hydrogen-bond acceptors (Lipinski definition) is 6. The van der Waals surface area contributed by atoms with Gasteiger partial charge >= 0.3 is 0 Å². The third kappa shape index (κ3) is 4.37. The van der Waals surface area contributed by atoms with Gasteiger partial charge in [-0.25, -0.2) is 17.8 Å². The minimum Gasteiger partial charge on any atom is -0.327 e. The molecule has 1 saturated heterocycles. The second-order valence-corrected chi connectivity index (χ2v) is 9.52. The maximum atomic E-state index is 14.4. The van der Waals surface area contributed by atoms with E-state index in [1.807, 2.05) is 0 Å². The first-order chi connectivity index (χ1) is 14.3. The minimum absolute atomic E-state index is 0.0241. The van der Waals surface area contributed by atoms with Gasteiger partial charge in [-0.05, 0) is 31.0 Å². The average Bonchev–Trinajstić information content (AvgIpc) is 3.40. The van der Waals surface area contributed by atoms with Crippen LogP contribution >= 0.6 is 11.3 Å². The van der Waals surface area contributed by atoms with Crippen molar-refractivity contribution in [3.8, 4) is 0 Å². The van der Waals surface area contributed by atoms with Gasteiger partial charge in [0, 0.05) is 36.8 Å². The molecule has 2 amide bonds. The standard InChI is InChI=1S/C19H23FN4O4S2/c1-3-23(4-2)30(27,28)16-12-13(7-8-14(16)20)18(26)24-10-5-6-15(24)17(25)22-19-21-9-11-29-19/h7-9,11-12,15H,3-6,10H2,1-2H3,(H,21,22,25). The van der Waals surface area contributed by atoms with Gasteiger partial charge in [-0.15, -0.1) is 11.3 Å². The molecule has 1 aliphatic heterocycles. The van der Waals surface area contributed by atoms with Crippen molar-refractivity contribution in [1.29, 1.82) is 0 Å². The van der Waals surface area contributed by atoms with Gasteiger partial charge in [0.1, 0.15) is 16.8 Å². The number of sulfonamides is 1. The summed E-state index contributed by atoms with van der Waals surface area (Å²) in [5.74, 6) is -1.78. The first-order valence-corrected chi connectivity index (χ1v) is 11.9. The van der Waals surface area contributed by atoms with Crippen molar-refractivity contribution in [2.24, 2.45) is 0 Å². The summed E-state index contributed by atoms with van der Waals surface area (Å²) in [7, 11) is -4.07. The van der Waals surface area contributed by atoms with Gasteiger partial charge < -0.3 is 10.2 Å². The second-order valence-electron chi connectivity index (χ2n) is 6.72. The lowest BCUT2D eigenvalue weighted by Crippen LogP contribution is -2.43. The number of anilines is 1. The van der Waals surface area contributed by atoms with Crippen LogP contribution in [-0.2, 0) is 14.8 Å². The maximum Gasteiger partial charge on any atom is 0.254 e. The number of nitrogens with one attached hydrogen (secondary N) is 1. The van der Waals surface area contributed by atoms with E-state index in [0.717, 1.165) is 16.4 Å². The zero-order valence-corrected chi connectivity index (χ0v) is 18.3. The smallest absolute Gasteiger partial charge is 0.254 e. The van der Waals surface area contributed by atoms with Crippen LogP contribution < -0.4 is 5.32 Å². The molecule has 1 aromatic carbocycles. The zero-order chi connectivity index (χ0) is 21.9. The highest BCUT2D eigenvalue weighted by Gasteiger charge is 2.36. The van der Waals surface area contributed by atoms with Gasteiger partial charge in [-0.2, -0.15) is 4.31 Å². The van der Waals surface area contributed by atoms with Gasteiger partial charge in [-0.3, -0.25) is 9.59 Å². The summed E-state index contributed by atoms with van der Waals surface area (Å²) >= 11 is 1.27. The topological polar surface area (TPSA) is 99.7 Å². The van der Waals surface area contributed by atoms with Crippen LogP contribution in [0.1, 0.15) is 37.0 Å². The van der Waals surface area contributed by atoms with Gasteiger partial charge in [0.05, 0.1) is 0 Å². The highest BCUT2D eigenvalue weighted by molar-refractivity contribution is 7.89. The summed E-state index contributed by atoms with van der Waals surface area (Å²) in [5.41, 5.74) is 0.0241. The highest BCUT2D eigenvalue weighted by Crippen LogP contribution is 2.25. The number of rotatable bonds is 7. The summed E-state index contributed by atoms with van der Waals surface area (Å²) in [6.07, 6.45) is 2.68. The number of halogens is 1. The summed E-state index contributed by atoms with van der Waals surface area (Å²) in [4.78, 5) is 30.5. The molecule has 11 heteroatoms. The van der Waals surface area contributed by atoms with Crippen molar-refractivity contribution >= 4 is 38.3 Å². The van der Waals surface area contributed by atoms with Crippen LogP contribution in [0.3, 0.4) is 0 Å². The van der Waals surface area contributed by atoms with Crippen LogP contribution in [0.5, 0.6) is 0 Å². The third-order valence-electron chi connectivity index (χ3n) is 4.98. The molecule has 2 heterocycles. The highest BCUT2D eigenvalue weighted by atomic mass is 32.2. The number of aromatic nitrogens is 1. The first-order valence-electron chi connectivity index (χ1n) is 9.60. The molecular formula is C19H23FN4O4S2. The van der Waals surface area contributed by atoms with E-state index >= 15 is 0 Å². The molecule has 8 nitrogen and oxygen atoms in total. The number of nitrogens with zero attached hydrogens (tertiary/aromatic N) is 3. The number of amides is 2. The van der Waals surface area contributed by atoms with Crippen molar-refractivity contribution in [2.75, 3.05) is 25.0 Å². The predicted molar refractivity (Wildman–Crippen MR) is 111 cm³/mol. The number of benzene rings is 1. The molecule has 0 bridgehead atoms. The van der Waals surface area contributed by atoms with Crippen LogP contribution in [0.25, 0.3) is 0 Å². The van der Waals surface area contributed by atoms with Gasteiger partial charge in [0.2, 0.25) is 15.9 Å². The number of likely N-dealkylation sites (tertiary alicyclic amines) is 1. The normalized spacial score (nSPS) is 16.8. The fourth-order valence-electron chi connectivity index (χ4n) is 3.46. The van der Waals surface area contributed by atoms with E-state index in [1.54, 1.807) is 25.4 Å². The quantitative estimate of drug-likeness (QED) is 0.693. The number of carbonyl (C=O) groups excluding carboxylic acids is 2. The van der Waals surface area contributed by atoms with E-state index in [1.165, 1.54) is 22.3 Å². The minimum atomic E-state index is -4.07. The molecule has 0 spiro atoms. The monoisotopic (exact) mass is 454 g/mol. The Labute approximate surface area is 178 Å². The fourth-order valence-corrected chi connectivity index (χ4v) is 5.54. The molecule has 30 heavy (non-hydrogen) atoms. The SMILES string of the molecule is CCN(CC)S(=O)(=O)c1cc(C(=O)N2CCCC2C(=O)Nc2nccs2)ccc1F. The fraction of sp³-hybridized carbons (Fsp3) is 0.421. The van der Waals surface area contributed by atoms with Crippen LogP contribution in [0.2, 0.25) is 0 Å². The molecule has 1 N–H and O–H groups in total. The lowest BCUT2D eigenvalue weighted by molar-refractivity contribution is -0.119. The predicted octanol–water partition coefficient (Wildman–Crippen LogP) is 2.56.